The lowest BCUT2D eigenvalue weighted by Gasteiger charge is -2.34. The maximum atomic E-state index is 14.9. The third-order valence-corrected chi connectivity index (χ3v) is 14.9. The summed E-state index contributed by atoms with van der Waals surface area (Å²) < 4.78 is 36.3. The number of nitrogens with one attached hydrogen (secondary N) is 3. The summed E-state index contributed by atoms with van der Waals surface area (Å²) in [5.74, 6) is 0.221. The van der Waals surface area contributed by atoms with Crippen molar-refractivity contribution in [2.45, 2.75) is 76.0 Å². The second-order valence-corrected chi connectivity index (χ2v) is 18.2. The van der Waals surface area contributed by atoms with Gasteiger partial charge in [-0.05, 0) is 73.4 Å². The number of hydrogen-bond donors (Lipinski definition) is 3. The van der Waals surface area contributed by atoms with Crippen LogP contribution in [0.3, 0.4) is 0 Å². The Balaban J connectivity index is 1.19. The molecular weight excluding hydrogens is 639 g/mol. The molecule has 2 atom stereocenters. The van der Waals surface area contributed by atoms with E-state index in [1.807, 2.05) is 0 Å². The molecule has 2 amide bonds. The lowest BCUT2D eigenvalue weighted by Crippen LogP contribution is -2.44. The van der Waals surface area contributed by atoms with Crippen LogP contribution in [0.1, 0.15) is 75.5 Å². The van der Waals surface area contributed by atoms with Crippen LogP contribution in [-0.2, 0) is 26.2 Å². The van der Waals surface area contributed by atoms with Crippen LogP contribution < -0.4 is 20.1 Å². The van der Waals surface area contributed by atoms with Crippen molar-refractivity contribution in [3.8, 4) is 5.75 Å². The van der Waals surface area contributed by atoms with E-state index in [0.717, 1.165) is 91.2 Å². The average Bonchev–Trinajstić information content (AvgIpc) is 3.26. The van der Waals surface area contributed by atoms with E-state index in [0.29, 0.717) is 24.5 Å². The zero-order valence-electron chi connectivity index (χ0n) is 28.7. The highest BCUT2D eigenvalue weighted by molar-refractivity contribution is 7.90. The Morgan fingerprint density at radius 2 is 1.71 bits per heavy atom. The molecule has 1 unspecified atom stereocenters. The van der Waals surface area contributed by atoms with Crippen molar-refractivity contribution in [3.63, 3.8) is 0 Å². The summed E-state index contributed by atoms with van der Waals surface area (Å²) >= 11 is 0. The number of hydrogen-bond acceptors (Lipinski definition) is 7. The lowest BCUT2D eigenvalue weighted by atomic mass is 9.71. The smallest absolute Gasteiger partial charge is 0.265 e. The molecule has 1 saturated carbocycles. The van der Waals surface area contributed by atoms with Gasteiger partial charge < -0.3 is 24.8 Å². The monoisotopic (exact) mass is 685 g/mol. The van der Waals surface area contributed by atoms with Crippen LogP contribution in [0, 0.1) is 16.7 Å². The lowest BCUT2D eigenvalue weighted by molar-refractivity contribution is -0.135. The summed E-state index contributed by atoms with van der Waals surface area (Å²) in [7, 11) is -2.11. The maximum Gasteiger partial charge on any atom is 0.265 e. The van der Waals surface area contributed by atoms with Crippen molar-refractivity contribution in [1.82, 2.24) is 24.8 Å². The molecule has 9 rings (SSSR count). The molecule has 10 nitrogen and oxygen atoms in total. The fourth-order valence-corrected chi connectivity index (χ4v) is 11.1. The molecule has 5 heterocycles. The third-order valence-electron chi connectivity index (χ3n) is 13.2. The van der Waals surface area contributed by atoms with Gasteiger partial charge in [0.1, 0.15) is 5.75 Å². The van der Waals surface area contributed by atoms with E-state index in [-0.39, 0.29) is 28.6 Å². The molecule has 7 aliphatic rings. The molecule has 3 aliphatic carbocycles. The fourth-order valence-electron chi connectivity index (χ4n) is 10.5. The topological polar surface area (TPSA) is 122 Å². The molecular formula is C38H47N5O5S. The van der Waals surface area contributed by atoms with Crippen molar-refractivity contribution >= 4 is 32.7 Å². The van der Waals surface area contributed by atoms with Gasteiger partial charge in [0.25, 0.3) is 5.91 Å². The highest BCUT2D eigenvalue weighted by Crippen LogP contribution is 2.57. The van der Waals surface area contributed by atoms with Crippen molar-refractivity contribution in [1.29, 1.82) is 0 Å². The van der Waals surface area contributed by atoms with Crippen LogP contribution in [0.2, 0.25) is 0 Å². The number of carbonyl (C=O) groups is 2. The number of aromatic nitrogens is 1. The van der Waals surface area contributed by atoms with E-state index in [1.54, 1.807) is 21.0 Å². The molecule has 4 fully saturated rings. The van der Waals surface area contributed by atoms with E-state index in [4.69, 9.17) is 4.74 Å². The van der Waals surface area contributed by atoms with Crippen LogP contribution in [0.5, 0.6) is 5.75 Å². The van der Waals surface area contributed by atoms with Gasteiger partial charge in [-0.2, -0.15) is 0 Å². The first-order valence-corrected chi connectivity index (χ1v) is 19.7. The number of amides is 2. The van der Waals surface area contributed by atoms with Crippen LogP contribution >= 0.6 is 0 Å². The number of benzene rings is 1. The second kappa shape index (κ2) is 11.0. The van der Waals surface area contributed by atoms with Gasteiger partial charge in [0.15, 0.2) is 0 Å². The number of methoxy groups -OCH3 is 1. The number of carbonyl (C=O) groups excluding carboxylic acids is 2. The van der Waals surface area contributed by atoms with Gasteiger partial charge in [0.05, 0.1) is 29.4 Å². The predicted molar refractivity (Wildman–Crippen MR) is 188 cm³/mol. The van der Waals surface area contributed by atoms with Gasteiger partial charge in [-0.1, -0.05) is 37.5 Å². The molecule has 260 valence electrons. The summed E-state index contributed by atoms with van der Waals surface area (Å²) in [4.78, 5) is 30.8. The van der Waals surface area contributed by atoms with Crippen LogP contribution in [-0.4, -0.2) is 81.3 Å². The van der Waals surface area contributed by atoms with Crippen molar-refractivity contribution in [2.75, 3.05) is 46.4 Å². The zero-order valence-corrected chi connectivity index (χ0v) is 29.5. The number of rotatable bonds is 6. The molecule has 1 aromatic heterocycles. The second-order valence-electron chi connectivity index (χ2n) is 16.0. The Morgan fingerprint density at radius 1 is 1.02 bits per heavy atom. The highest BCUT2D eigenvalue weighted by Gasteiger charge is 2.64. The van der Waals surface area contributed by atoms with E-state index in [1.165, 1.54) is 24.8 Å². The summed E-state index contributed by atoms with van der Waals surface area (Å²) in [6, 6.07) is 6.56. The summed E-state index contributed by atoms with van der Waals surface area (Å²) in [6.45, 7) is 8.79. The van der Waals surface area contributed by atoms with Gasteiger partial charge in [0.2, 0.25) is 15.9 Å². The number of ether oxygens (including phenoxy) is 1. The SMILES string of the molecule is COc1ccc(C2CCCCC2)c2c1cc1n2CC2=C(C(=O)NS(=O)(=O)C(C)C)C2=C2C=CC[C@@H](C(=O)N3CC45CNCC4(CNC5)C3)C21. The molecule has 11 heteroatoms. The third kappa shape index (κ3) is 4.53. The first kappa shape index (κ1) is 31.6. The standard InChI is InChI=1S/C38H47N5O5S/c1-22(2)49(46,47)41-35(44)33-28-15-43-29(14-27-30(48-3)13-12-24(34(27)43)23-8-5-4-6-9-23)31-25(32(28)33)10-7-11-26(31)36(45)42-20-37-16-39-18-38(37,21-42)19-40-17-37/h7,10,12-14,22-23,26,31,39-40H,4-6,8-9,11,15-21H2,1-3H3,(H,41,44)/t26-,31?,37?,38?/m1/s1. The van der Waals surface area contributed by atoms with E-state index in [2.05, 4.69) is 55.2 Å². The Morgan fingerprint density at radius 3 is 2.37 bits per heavy atom. The summed E-state index contributed by atoms with van der Waals surface area (Å²) in [5, 5.41) is 7.55. The fraction of sp³-hybridized carbons (Fsp3) is 0.579. The van der Waals surface area contributed by atoms with Crippen molar-refractivity contribution in [2.24, 2.45) is 16.7 Å². The Hall–Kier alpha value is -3.41. The van der Waals surface area contributed by atoms with Crippen molar-refractivity contribution in [3.05, 3.63) is 63.9 Å². The Bertz CT molecular complexity index is 1970. The zero-order chi connectivity index (χ0) is 33.9. The van der Waals surface area contributed by atoms with Gasteiger partial charge in [-0.3, -0.25) is 9.59 Å². The van der Waals surface area contributed by atoms with Gasteiger partial charge in [0, 0.05) is 73.6 Å². The van der Waals surface area contributed by atoms with E-state index < -0.39 is 21.2 Å². The number of fused-ring (bicyclic) bond motifs is 6. The van der Waals surface area contributed by atoms with Crippen LogP contribution in [0.15, 0.2) is 52.6 Å². The predicted octanol–water partition coefficient (Wildman–Crippen LogP) is 3.85. The number of nitrogens with zero attached hydrogens (tertiary/aromatic N) is 2. The average molecular weight is 686 g/mol. The first-order chi connectivity index (χ1) is 23.6. The first-order valence-electron chi connectivity index (χ1n) is 18.2. The Labute approximate surface area is 288 Å². The number of allylic oxidation sites excluding steroid dienone is 4. The molecule has 4 aliphatic heterocycles. The van der Waals surface area contributed by atoms with Crippen molar-refractivity contribution < 1.29 is 22.7 Å². The number of likely N-dealkylation sites (tertiary alicyclic amines) is 1. The quantitative estimate of drug-likeness (QED) is 0.423. The number of sulfonamides is 1. The van der Waals surface area contributed by atoms with Gasteiger partial charge in [-0.15, -0.1) is 0 Å². The van der Waals surface area contributed by atoms with Crippen LogP contribution in [0.25, 0.3) is 10.9 Å². The van der Waals surface area contributed by atoms with E-state index in [9.17, 15) is 18.0 Å². The maximum absolute atomic E-state index is 14.9. The summed E-state index contributed by atoms with van der Waals surface area (Å²) in [5.41, 5.74) is 6.72. The molecule has 1 aromatic carbocycles. The largest absolute Gasteiger partial charge is 0.496 e. The Kier molecular flexibility index (Phi) is 7.11. The minimum absolute atomic E-state index is 0.0630. The molecule has 3 saturated heterocycles. The summed E-state index contributed by atoms with van der Waals surface area (Å²) in [6.07, 6.45) is 10.7. The molecule has 49 heavy (non-hydrogen) atoms. The molecule has 0 bridgehead atoms. The molecule has 0 spiro atoms. The van der Waals surface area contributed by atoms with Gasteiger partial charge >= 0.3 is 0 Å². The highest BCUT2D eigenvalue weighted by atomic mass is 32.2. The normalized spacial score (nSPS) is 30.7. The molecule has 3 N–H and O–H groups in total. The molecule has 0 radical (unpaired) electrons. The van der Waals surface area contributed by atoms with Crippen LogP contribution in [0.4, 0.5) is 0 Å². The minimum Gasteiger partial charge on any atom is -0.496 e. The minimum atomic E-state index is -3.82. The molecule has 2 aromatic rings. The van der Waals surface area contributed by atoms with Gasteiger partial charge in [-0.25, -0.2) is 13.1 Å². The van der Waals surface area contributed by atoms with E-state index >= 15 is 0 Å².